The minimum atomic E-state index is -0.948. The average Bonchev–Trinajstić information content (AvgIpc) is 4.16. The summed E-state index contributed by atoms with van der Waals surface area (Å²) in [6.07, 6.45) is 7.23. The lowest BCUT2D eigenvalue weighted by Crippen LogP contribution is -2.27. The van der Waals surface area contributed by atoms with Crippen LogP contribution in [0.15, 0.2) is 132 Å². The minimum absolute atomic E-state index is 0. The first-order chi connectivity index (χ1) is 33.3. The lowest BCUT2D eigenvalue weighted by molar-refractivity contribution is -0.131. The predicted octanol–water partition coefficient (Wildman–Crippen LogP) is 14.0. The molecule has 1 aliphatic heterocycles. The molecule has 71 heavy (non-hydrogen) atoms. The van der Waals surface area contributed by atoms with Gasteiger partial charge in [-0.2, -0.15) is 0 Å². The summed E-state index contributed by atoms with van der Waals surface area (Å²) >= 11 is 3.24. The van der Waals surface area contributed by atoms with Crippen LogP contribution in [0.1, 0.15) is 72.9 Å². The molecule has 0 radical (unpaired) electrons. The number of methoxy groups -OCH3 is 2. The second-order valence-corrected chi connectivity index (χ2v) is 19.0. The summed E-state index contributed by atoms with van der Waals surface area (Å²) in [6, 6.07) is 33.5. The van der Waals surface area contributed by atoms with Gasteiger partial charge in [-0.25, -0.2) is 14.4 Å². The number of ether oxygens (including phenoxy) is 5. The number of carboxylic acids is 1. The number of hydrogen-bond acceptors (Lipinski definition) is 12. The van der Waals surface area contributed by atoms with Crippen LogP contribution < -0.4 is 31.2 Å². The lowest BCUT2D eigenvalue weighted by Gasteiger charge is -2.20. The number of nitrogens with two attached hydrogens (primary N) is 1. The van der Waals surface area contributed by atoms with Crippen LogP contribution >= 0.6 is 22.7 Å². The summed E-state index contributed by atoms with van der Waals surface area (Å²) in [5.41, 5.74) is 10.5. The smallest absolute Gasteiger partial charge is 0.412 e. The summed E-state index contributed by atoms with van der Waals surface area (Å²) in [5, 5.41) is 20.6. The molecular formula is C55H66N4O10S2. The van der Waals surface area contributed by atoms with Crippen LogP contribution in [0, 0.1) is 0 Å². The van der Waals surface area contributed by atoms with Crippen LogP contribution in [0.4, 0.5) is 32.3 Å². The third-order valence-electron chi connectivity index (χ3n) is 9.12. The molecule has 3 heterocycles. The van der Waals surface area contributed by atoms with Gasteiger partial charge in [0.05, 0.1) is 37.0 Å². The second-order valence-electron chi connectivity index (χ2n) is 17.1. The maximum atomic E-state index is 12.6. The Balaban J connectivity index is 0.000000289. The number of rotatable bonds is 11. The van der Waals surface area contributed by atoms with Crippen molar-refractivity contribution in [2.45, 2.75) is 73.0 Å². The third-order valence-corrected chi connectivity index (χ3v) is 11.0. The Labute approximate surface area is 425 Å². The summed E-state index contributed by atoms with van der Waals surface area (Å²) in [5.74, 6) is 0.231. The molecule has 0 aliphatic carbocycles. The molecule has 4 aromatic carbocycles. The predicted molar refractivity (Wildman–Crippen MR) is 291 cm³/mol. The van der Waals surface area contributed by atoms with Crippen LogP contribution in [0.5, 0.6) is 11.5 Å². The van der Waals surface area contributed by atoms with E-state index >= 15 is 0 Å². The fraction of sp³-hybridized carbons (Fsp3) is 0.273. The Morgan fingerprint density at radius 1 is 0.606 bits per heavy atom. The number of hydrogen-bond donors (Lipinski definition) is 5. The van der Waals surface area contributed by atoms with Crippen molar-refractivity contribution in [2.75, 3.05) is 49.1 Å². The monoisotopic (exact) mass is 1010 g/mol. The SMILES string of the molecule is C.C1CCOC1.CC(C)(C)OC(=O)Nc1ccc(-c2cccs2)cc1N.COc1ccc(/C=C/C(=O)Nc2cc(-c3cccs3)ccc2NC(=O)OC(C)(C)C)cc1.COc1ccc(/C=C/C(=O)O)cc1. The molecule has 2 aromatic heterocycles. The number of nitrogens with one attached hydrogen (secondary N) is 3. The molecule has 1 saturated heterocycles. The highest BCUT2D eigenvalue weighted by molar-refractivity contribution is 7.13. The fourth-order valence-electron chi connectivity index (χ4n) is 5.91. The van der Waals surface area contributed by atoms with Crippen LogP contribution in [-0.2, 0) is 23.8 Å². The highest BCUT2D eigenvalue weighted by atomic mass is 32.1. The molecule has 3 amide bonds. The molecule has 378 valence electrons. The summed E-state index contributed by atoms with van der Waals surface area (Å²) in [6.45, 7) is 12.8. The highest BCUT2D eigenvalue weighted by Crippen LogP contribution is 2.33. The molecule has 7 rings (SSSR count). The van der Waals surface area contributed by atoms with Crippen molar-refractivity contribution in [1.29, 1.82) is 0 Å². The van der Waals surface area contributed by atoms with E-state index in [-0.39, 0.29) is 13.3 Å². The van der Waals surface area contributed by atoms with Crippen molar-refractivity contribution >= 4 is 81.6 Å². The van der Waals surface area contributed by atoms with Gasteiger partial charge < -0.3 is 39.8 Å². The van der Waals surface area contributed by atoms with E-state index in [0.29, 0.717) is 22.7 Å². The van der Waals surface area contributed by atoms with Gasteiger partial charge in [0.2, 0.25) is 5.91 Å². The first-order valence-electron chi connectivity index (χ1n) is 22.2. The molecule has 16 heteroatoms. The molecule has 6 aromatic rings. The minimum Gasteiger partial charge on any atom is -0.497 e. The van der Waals surface area contributed by atoms with Gasteiger partial charge in [0.15, 0.2) is 0 Å². The molecule has 6 N–H and O–H groups in total. The highest BCUT2D eigenvalue weighted by Gasteiger charge is 2.19. The van der Waals surface area contributed by atoms with Crippen molar-refractivity contribution in [3.8, 4) is 32.4 Å². The molecule has 0 unspecified atom stereocenters. The van der Waals surface area contributed by atoms with Gasteiger partial charge >= 0.3 is 18.2 Å². The average molecular weight is 1010 g/mol. The Morgan fingerprint density at radius 2 is 1.06 bits per heavy atom. The van der Waals surface area contributed by atoms with Crippen molar-refractivity contribution in [1.82, 2.24) is 0 Å². The van der Waals surface area contributed by atoms with Crippen LogP contribution in [-0.4, -0.2) is 67.8 Å². The van der Waals surface area contributed by atoms with E-state index < -0.39 is 29.4 Å². The van der Waals surface area contributed by atoms with Crippen LogP contribution in [0.2, 0.25) is 0 Å². The number of amides is 3. The largest absolute Gasteiger partial charge is 0.497 e. The Bertz CT molecular complexity index is 2620. The first kappa shape index (κ1) is 57.9. The topological polar surface area (TPSA) is 197 Å². The van der Waals surface area contributed by atoms with Gasteiger partial charge in [0, 0.05) is 35.1 Å². The lowest BCUT2D eigenvalue weighted by atomic mass is 10.1. The van der Waals surface area contributed by atoms with Crippen LogP contribution in [0.25, 0.3) is 33.0 Å². The zero-order valence-electron chi connectivity index (χ0n) is 40.7. The molecule has 1 aliphatic rings. The van der Waals surface area contributed by atoms with Gasteiger partial charge in [-0.05, 0) is 160 Å². The number of thiophene rings is 2. The number of carboxylic acid groups (broad SMARTS) is 1. The van der Waals surface area contributed by atoms with E-state index in [9.17, 15) is 19.2 Å². The number of carbonyl (C=O) groups excluding carboxylic acids is 3. The van der Waals surface area contributed by atoms with E-state index in [0.717, 1.165) is 62.8 Å². The van der Waals surface area contributed by atoms with E-state index in [2.05, 4.69) is 16.0 Å². The summed E-state index contributed by atoms with van der Waals surface area (Å²) in [4.78, 5) is 49.0. The van der Waals surface area contributed by atoms with Gasteiger partial charge in [-0.15, -0.1) is 22.7 Å². The Morgan fingerprint density at radius 3 is 1.45 bits per heavy atom. The van der Waals surface area contributed by atoms with E-state index in [4.69, 9.17) is 34.5 Å². The molecule has 0 saturated carbocycles. The molecular weight excluding hydrogens is 941 g/mol. The first-order valence-corrected chi connectivity index (χ1v) is 23.9. The zero-order valence-corrected chi connectivity index (χ0v) is 42.3. The number of carbonyl (C=O) groups is 4. The molecule has 1 fully saturated rings. The number of benzene rings is 4. The van der Waals surface area contributed by atoms with Gasteiger partial charge in [0.1, 0.15) is 22.7 Å². The zero-order chi connectivity index (χ0) is 51.1. The van der Waals surface area contributed by atoms with E-state index in [1.54, 1.807) is 100 Å². The quantitative estimate of drug-likeness (QED) is 0.0612. The van der Waals surface area contributed by atoms with Crippen molar-refractivity contribution < 1.29 is 48.0 Å². The summed E-state index contributed by atoms with van der Waals surface area (Å²) in [7, 11) is 3.19. The Hall–Kier alpha value is -7.40. The number of aliphatic carboxylic acids is 1. The number of anilines is 4. The van der Waals surface area contributed by atoms with E-state index in [1.807, 2.05) is 104 Å². The maximum Gasteiger partial charge on any atom is 0.412 e. The summed E-state index contributed by atoms with van der Waals surface area (Å²) < 4.78 is 25.6. The molecule has 0 atom stereocenters. The van der Waals surface area contributed by atoms with Crippen molar-refractivity contribution in [2.24, 2.45) is 0 Å². The molecule has 14 nitrogen and oxygen atoms in total. The molecule has 0 bridgehead atoms. The van der Waals surface area contributed by atoms with Gasteiger partial charge in [-0.3, -0.25) is 15.4 Å². The standard InChI is InChI=1S/C25H26N2O4S.C15H18N2O2S.C10H10O3.C4H8O.CH4/c1-25(2,3)31-24(29)27-20-13-10-18(22-6-5-15-32-22)16-21(20)26-23(28)14-9-17-7-11-19(30-4)12-8-17;1-15(2,3)19-14(18)17-12-7-6-10(9-11(12)16)13-5-4-8-20-13;1-13-9-5-2-8(3-6-9)4-7-10(11)12;1-2-4-5-3-1;/h5-16H,1-4H3,(H,26,28)(H,27,29);4-9H,16H2,1-3H3,(H,17,18);2-7H,1H3,(H,11,12);1-4H2;1H4/b14-9+;;7-4+;;. The van der Waals surface area contributed by atoms with Gasteiger partial charge in [0.25, 0.3) is 0 Å². The van der Waals surface area contributed by atoms with Crippen LogP contribution in [0.3, 0.4) is 0 Å². The van der Waals surface area contributed by atoms with Crippen molar-refractivity contribution in [3.63, 3.8) is 0 Å². The fourth-order valence-corrected chi connectivity index (χ4v) is 7.35. The molecule has 0 spiro atoms. The van der Waals surface area contributed by atoms with E-state index in [1.165, 1.54) is 25.0 Å². The normalized spacial score (nSPS) is 11.8. The number of nitrogen functional groups attached to an aromatic ring is 1. The second kappa shape index (κ2) is 28.9. The Kier molecular flexibility index (Phi) is 23.6. The maximum absolute atomic E-state index is 12.6. The van der Waals surface area contributed by atoms with Gasteiger partial charge in [-0.1, -0.05) is 56.0 Å². The third kappa shape index (κ3) is 22.3. The van der Waals surface area contributed by atoms with Crippen molar-refractivity contribution in [3.05, 3.63) is 143 Å².